The Balaban J connectivity index is 2.16. The fraction of sp³-hybridized carbons (Fsp3) is 0.909. The van der Waals surface area contributed by atoms with E-state index in [9.17, 15) is 0 Å². The molecule has 1 nitrogen and oxygen atoms in total. The third-order valence-corrected chi connectivity index (χ3v) is 2.79. The van der Waals surface area contributed by atoms with Gasteiger partial charge in [0.25, 0.3) is 0 Å². The molecular formula is C11H21N. The van der Waals surface area contributed by atoms with Crippen LogP contribution in [0.15, 0.2) is 4.99 Å². The van der Waals surface area contributed by atoms with E-state index in [4.69, 9.17) is 0 Å². The average molecular weight is 167 g/mol. The van der Waals surface area contributed by atoms with Crippen molar-refractivity contribution in [1.29, 1.82) is 0 Å². The van der Waals surface area contributed by atoms with Gasteiger partial charge in [0, 0.05) is 5.71 Å². The smallest absolute Gasteiger partial charge is 0.0768 e. The molecule has 0 aromatic carbocycles. The first-order chi connectivity index (χ1) is 5.74. The van der Waals surface area contributed by atoms with Crippen molar-refractivity contribution in [1.82, 2.24) is 0 Å². The van der Waals surface area contributed by atoms with Gasteiger partial charge in [-0.1, -0.05) is 33.6 Å². The number of rotatable bonds is 6. The van der Waals surface area contributed by atoms with Gasteiger partial charge in [-0.25, -0.2) is 0 Å². The van der Waals surface area contributed by atoms with Gasteiger partial charge in [-0.15, -0.1) is 0 Å². The minimum atomic E-state index is 0.851. The molecule has 0 saturated heterocycles. The van der Waals surface area contributed by atoms with Crippen LogP contribution in [0.3, 0.4) is 0 Å². The van der Waals surface area contributed by atoms with Gasteiger partial charge in [0.05, 0.1) is 6.54 Å². The molecule has 0 amide bonds. The summed E-state index contributed by atoms with van der Waals surface area (Å²) in [6, 6.07) is 0. The predicted octanol–water partition coefficient (Wildman–Crippen LogP) is 3.29. The zero-order valence-electron chi connectivity index (χ0n) is 8.64. The van der Waals surface area contributed by atoms with Crippen LogP contribution in [0.1, 0.15) is 46.5 Å². The van der Waals surface area contributed by atoms with Gasteiger partial charge in [-0.3, -0.25) is 4.99 Å². The molecule has 1 rings (SSSR count). The minimum Gasteiger partial charge on any atom is -0.286 e. The molecule has 0 N–H and O–H groups in total. The summed E-state index contributed by atoms with van der Waals surface area (Å²) in [6.45, 7) is 8.03. The van der Waals surface area contributed by atoms with Crippen LogP contribution >= 0.6 is 0 Å². The molecule has 1 unspecified atom stereocenters. The van der Waals surface area contributed by atoms with Gasteiger partial charge in [0.15, 0.2) is 0 Å². The maximum absolute atomic E-state index is 4.21. The fourth-order valence-electron chi connectivity index (χ4n) is 1.75. The molecule has 0 aromatic rings. The highest BCUT2D eigenvalue weighted by molar-refractivity contribution is 5.96. The van der Waals surface area contributed by atoms with Crippen LogP contribution in [-0.2, 0) is 0 Å². The topological polar surface area (TPSA) is 12.4 Å². The number of aliphatic imine (C=N–C) groups is 1. The van der Waals surface area contributed by atoms with Crippen LogP contribution < -0.4 is 0 Å². The van der Waals surface area contributed by atoms with Crippen LogP contribution in [0.2, 0.25) is 0 Å². The molecule has 70 valence electrons. The molecule has 0 aromatic heterocycles. The standard InChI is InChI=1S/C11H21N/c1-4-5-10(9(2)3)6-7-11-8-12-11/h9-10H,4-8H2,1-3H3. The highest BCUT2D eigenvalue weighted by Gasteiger charge is 2.16. The van der Waals surface area contributed by atoms with Gasteiger partial charge in [0.1, 0.15) is 0 Å². The summed E-state index contributed by atoms with van der Waals surface area (Å²) in [5.41, 5.74) is 1.46. The predicted molar refractivity (Wildman–Crippen MR) is 54.8 cm³/mol. The highest BCUT2D eigenvalue weighted by Crippen LogP contribution is 2.23. The minimum absolute atomic E-state index is 0.851. The normalized spacial score (nSPS) is 17.8. The number of nitrogens with zero attached hydrogens (tertiary/aromatic N) is 1. The SMILES string of the molecule is CCCC(CCC1=NC1)C(C)C. The second kappa shape index (κ2) is 4.64. The molecule has 1 aliphatic rings. The van der Waals surface area contributed by atoms with Crippen molar-refractivity contribution >= 4 is 5.71 Å². The van der Waals surface area contributed by atoms with Gasteiger partial charge >= 0.3 is 0 Å². The summed E-state index contributed by atoms with van der Waals surface area (Å²) in [5.74, 6) is 1.78. The van der Waals surface area contributed by atoms with Crippen LogP contribution in [-0.4, -0.2) is 12.3 Å². The van der Waals surface area contributed by atoms with E-state index in [1.807, 2.05) is 0 Å². The van der Waals surface area contributed by atoms with Crippen LogP contribution in [0.25, 0.3) is 0 Å². The Bertz CT molecular complexity index is 158. The lowest BCUT2D eigenvalue weighted by molar-refractivity contribution is 0.339. The molecule has 1 heterocycles. The van der Waals surface area contributed by atoms with Crippen molar-refractivity contribution in [2.24, 2.45) is 16.8 Å². The van der Waals surface area contributed by atoms with E-state index in [1.165, 1.54) is 31.4 Å². The third-order valence-electron chi connectivity index (χ3n) is 2.79. The molecule has 1 heteroatoms. The third kappa shape index (κ3) is 3.38. The molecule has 0 radical (unpaired) electrons. The van der Waals surface area contributed by atoms with Gasteiger partial charge in [-0.05, 0) is 24.7 Å². The fourth-order valence-corrected chi connectivity index (χ4v) is 1.75. The lowest BCUT2D eigenvalue weighted by Crippen LogP contribution is -2.09. The lowest BCUT2D eigenvalue weighted by atomic mass is 9.87. The van der Waals surface area contributed by atoms with E-state index in [-0.39, 0.29) is 0 Å². The van der Waals surface area contributed by atoms with Crippen molar-refractivity contribution in [3.05, 3.63) is 0 Å². The van der Waals surface area contributed by atoms with E-state index in [0.717, 1.165) is 18.4 Å². The van der Waals surface area contributed by atoms with Crippen LogP contribution in [0.5, 0.6) is 0 Å². The zero-order chi connectivity index (χ0) is 8.97. The summed E-state index contributed by atoms with van der Waals surface area (Å²) < 4.78 is 0. The van der Waals surface area contributed by atoms with Crippen molar-refractivity contribution in [3.8, 4) is 0 Å². The van der Waals surface area contributed by atoms with Gasteiger partial charge in [0.2, 0.25) is 0 Å². The quantitative estimate of drug-likeness (QED) is 0.575. The first-order valence-corrected chi connectivity index (χ1v) is 5.26. The molecule has 12 heavy (non-hydrogen) atoms. The highest BCUT2D eigenvalue weighted by atomic mass is 14.9. The van der Waals surface area contributed by atoms with Crippen molar-refractivity contribution < 1.29 is 0 Å². The van der Waals surface area contributed by atoms with Crippen molar-refractivity contribution in [2.45, 2.75) is 46.5 Å². The van der Waals surface area contributed by atoms with Gasteiger partial charge in [-0.2, -0.15) is 0 Å². The van der Waals surface area contributed by atoms with E-state index < -0.39 is 0 Å². The maximum Gasteiger partial charge on any atom is 0.0768 e. The molecular weight excluding hydrogens is 146 g/mol. The molecule has 0 spiro atoms. The summed E-state index contributed by atoms with van der Waals surface area (Å²) in [4.78, 5) is 4.21. The Hall–Kier alpha value is -0.330. The number of hydrogen-bond donors (Lipinski definition) is 0. The Morgan fingerprint density at radius 2 is 2.00 bits per heavy atom. The molecule has 0 aliphatic carbocycles. The second-order valence-corrected chi connectivity index (χ2v) is 4.21. The van der Waals surface area contributed by atoms with E-state index in [1.54, 1.807) is 0 Å². The summed E-state index contributed by atoms with van der Waals surface area (Å²) >= 11 is 0. The second-order valence-electron chi connectivity index (χ2n) is 4.21. The molecule has 0 saturated carbocycles. The lowest BCUT2D eigenvalue weighted by Gasteiger charge is -2.18. The van der Waals surface area contributed by atoms with E-state index in [2.05, 4.69) is 25.8 Å². The summed E-state index contributed by atoms with van der Waals surface area (Å²) in [5, 5.41) is 0. The zero-order valence-corrected chi connectivity index (χ0v) is 8.64. The van der Waals surface area contributed by atoms with Gasteiger partial charge < -0.3 is 0 Å². The molecule has 1 aliphatic heterocycles. The summed E-state index contributed by atoms with van der Waals surface area (Å²) in [7, 11) is 0. The summed E-state index contributed by atoms with van der Waals surface area (Å²) in [6.07, 6.45) is 5.35. The van der Waals surface area contributed by atoms with Crippen LogP contribution in [0.4, 0.5) is 0 Å². The molecule has 0 fully saturated rings. The van der Waals surface area contributed by atoms with Crippen LogP contribution in [0, 0.1) is 11.8 Å². The number of hydrogen-bond acceptors (Lipinski definition) is 1. The maximum atomic E-state index is 4.21. The average Bonchev–Trinajstić information content (AvgIpc) is 2.80. The van der Waals surface area contributed by atoms with E-state index in [0.29, 0.717) is 0 Å². The van der Waals surface area contributed by atoms with E-state index >= 15 is 0 Å². The largest absolute Gasteiger partial charge is 0.286 e. The molecule has 1 atom stereocenters. The Kier molecular flexibility index (Phi) is 3.77. The monoisotopic (exact) mass is 167 g/mol. The van der Waals surface area contributed by atoms with Crippen molar-refractivity contribution in [3.63, 3.8) is 0 Å². The Labute approximate surface area is 76.3 Å². The Morgan fingerprint density at radius 3 is 2.42 bits per heavy atom. The first kappa shape index (κ1) is 9.76. The van der Waals surface area contributed by atoms with Crippen molar-refractivity contribution in [2.75, 3.05) is 6.54 Å². The molecule has 0 bridgehead atoms. The Morgan fingerprint density at radius 1 is 1.33 bits per heavy atom. The first-order valence-electron chi connectivity index (χ1n) is 5.26.